The van der Waals surface area contributed by atoms with Gasteiger partial charge in [-0.15, -0.1) is 0 Å². The van der Waals surface area contributed by atoms with Crippen LogP contribution >= 0.6 is 8.60 Å². The number of hydrogen-bond donors (Lipinski definition) is 2. The van der Waals surface area contributed by atoms with E-state index in [0.717, 1.165) is 44.1 Å². The second-order valence-corrected chi connectivity index (χ2v) is 17.4. The fourth-order valence-electron chi connectivity index (χ4n) is 7.12. The van der Waals surface area contributed by atoms with Gasteiger partial charge in [0.15, 0.2) is 0 Å². The van der Waals surface area contributed by atoms with Gasteiger partial charge in [-0.05, 0) is 80.7 Å². The first-order valence-corrected chi connectivity index (χ1v) is 16.9. The van der Waals surface area contributed by atoms with E-state index in [1.807, 2.05) is 0 Å². The molecule has 0 saturated heterocycles. The highest BCUT2D eigenvalue weighted by molar-refractivity contribution is 7.39. The molecule has 0 spiro atoms. The lowest BCUT2D eigenvalue weighted by molar-refractivity contribution is -0.0149. The predicted octanol–water partition coefficient (Wildman–Crippen LogP) is 10.6. The van der Waals surface area contributed by atoms with Crippen molar-refractivity contribution in [2.75, 3.05) is 0 Å². The smallest absolute Gasteiger partial charge is 0.327 e. The summed E-state index contributed by atoms with van der Waals surface area (Å²) < 4.78 is 6.65. The molecule has 0 bridgehead atoms. The Balaban J connectivity index is 2.52. The van der Waals surface area contributed by atoms with Crippen LogP contribution in [0.3, 0.4) is 0 Å². The zero-order valence-electron chi connectivity index (χ0n) is 28.5. The van der Waals surface area contributed by atoms with Crippen molar-refractivity contribution in [3.8, 4) is 0 Å². The van der Waals surface area contributed by atoms with Crippen LogP contribution in [0.4, 0.5) is 0 Å². The summed E-state index contributed by atoms with van der Waals surface area (Å²) in [6.07, 6.45) is 5.76. The third kappa shape index (κ3) is 6.80. The van der Waals surface area contributed by atoms with Gasteiger partial charge in [0.25, 0.3) is 0 Å². The molecule has 2 aromatic carbocycles. The zero-order valence-corrected chi connectivity index (χ0v) is 29.4. The Morgan fingerprint density at radius 2 is 1.15 bits per heavy atom. The summed E-state index contributed by atoms with van der Waals surface area (Å²) in [5.74, 6) is 0. The van der Waals surface area contributed by atoms with E-state index in [1.54, 1.807) is 0 Å². The van der Waals surface area contributed by atoms with Crippen molar-refractivity contribution in [3.63, 3.8) is 0 Å². The molecule has 0 aliphatic heterocycles. The average molecular weight is 583 g/mol. The van der Waals surface area contributed by atoms with E-state index >= 15 is 0 Å². The number of rotatable bonds is 7. The highest BCUT2D eigenvalue weighted by Crippen LogP contribution is 2.64. The zero-order chi connectivity index (χ0) is 31.2. The van der Waals surface area contributed by atoms with Crippen LogP contribution in [0.2, 0.25) is 0 Å². The molecule has 0 heterocycles. The van der Waals surface area contributed by atoms with Crippen LogP contribution in [-0.2, 0) is 37.2 Å². The third-order valence-electron chi connectivity index (χ3n) is 9.44. The molecule has 0 radical (unpaired) electrons. The van der Waals surface area contributed by atoms with Crippen molar-refractivity contribution in [2.45, 2.75) is 161 Å². The van der Waals surface area contributed by atoms with Crippen LogP contribution in [-0.4, -0.2) is 9.79 Å². The molecule has 1 saturated carbocycles. The fourth-order valence-corrected chi connectivity index (χ4v) is 7.76. The van der Waals surface area contributed by atoms with Gasteiger partial charge in [0.1, 0.15) is 5.60 Å². The molecule has 0 aromatic heterocycles. The topological polar surface area (TPSA) is 49.7 Å². The second-order valence-electron chi connectivity index (χ2n) is 16.7. The minimum Gasteiger partial charge on any atom is -0.328 e. The van der Waals surface area contributed by atoms with Crippen molar-refractivity contribution >= 4 is 8.60 Å². The van der Waals surface area contributed by atoms with Gasteiger partial charge < -0.3 is 14.3 Å². The molecule has 1 fully saturated rings. The van der Waals surface area contributed by atoms with Gasteiger partial charge in [0, 0.05) is 5.41 Å². The van der Waals surface area contributed by atoms with Gasteiger partial charge in [0.2, 0.25) is 0 Å². The number of hydrogen-bond acceptors (Lipinski definition) is 3. The van der Waals surface area contributed by atoms with Crippen molar-refractivity contribution < 1.29 is 14.3 Å². The molecule has 2 atom stereocenters. The normalized spacial score (nSPS) is 22.5. The van der Waals surface area contributed by atoms with E-state index in [4.69, 9.17) is 4.52 Å². The Morgan fingerprint density at radius 3 is 1.56 bits per heavy atom. The first-order chi connectivity index (χ1) is 18.6. The SMILES string of the molecule is CCCCC1(c2ccc(C(C)(C)C)cc2C(C)(C)C)CCCC1(OP(O)O)c1ccc(C(C)(C)C)cc1C(C)(C)C. The van der Waals surface area contributed by atoms with Gasteiger partial charge >= 0.3 is 8.60 Å². The Labute approximate surface area is 253 Å². The molecule has 3 rings (SSSR count). The molecule has 2 aromatic rings. The largest absolute Gasteiger partial charge is 0.328 e. The molecular weight excluding hydrogens is 523 g/mol. The monoisotopic (exact) mass is 582 g/mol. The quantitative estimate of drug-likeness (QED) is 0.319. The van der Waals surface area contributed by atoms with Crippen molar-refractivity contribution in [3.05, 3.63) is 69.8 Å². The fraction of sp³-hybridized carbons (Fsp3) is 0.676. The van der Waals surface area contributed by atoms with Crippen molar-refractivity contribution in [2.24, 2.45) is 0 Å². The maximum absolute atomic E-state index is 10.7. The Kier molecular flexibility index (Phi) is 9.76. The third-order valence-corrected chi connectivity index (χ3v) is 9.91. The molecule has 41 heavy (non-hydrogen) atoms. The Morgan fingerprint density at radius 1 is 0.683 bits per heavy atom. The lowest BCUT2D eigenvalue weighted by Crippen LogP contribution is -2.49. The Hall–Kier alpha value is -1.25. The van der Waals surface area contributed by atoms with Crippen molar-refractivity contribution in [1.82, 2.24) is 0 Å². The van der Waals surface area contributed by atoms with Crippen LogP contribution in [0.5, 0.6) is 0 Å². The summed E-state index contributed by atoms with van der Waals surface area (Å²) >= 11 is 0. The lowest BCUT2D eigenvalue weighted by atomic mass is 9.59. The number of unbranched alkanes of at least 4 members (excludes halogenated alkanes) is 1. The van der Waals surface area contributed by atoms with E-state index in [2.05, 4.69) is 126 Å². The molecule has 1 aliphatic carbocycles. The van der Waals surface area contributed by atoms with Crippen LogP contribution in [0, 0.1) is 0 Å². The number of benzene rings is 2. The highest BCUT2D eigenvalue weighted by Gasteiger charge is 2.60. The van der Waals surface area contributed by atoms with Gasteiger partial charge in [-0.25, -0.2) is 0 Å². The molecule has 1 aliphatic rings. The van der Waals surface area contributed by atoms with Gasteiger partial charge in [-0.2, -0.15) is 0 Å². The van der Waals surface area contributed by atoms with Crippen LogP contribution < -0.4 is 0 Å². The highest BCUT2D eigenvalue weighted by atomic mass is 31.2. The predicted molar refractivity (Wildman–Crippen MR) is 177 cm³/mol. The van der Waals surface area contributed by atoms with E-state index < -0.39 is 19.6 Å². The maximum atomic E-state index is 10.7. The van der Waals surface area contributed by atoms with E-state index in [9.17, 15) is 9.79 Å². The molecule has 2 unspecified atom stereocenters. The van der Waals surface area contributed by atoms with E-state index in [1.165, 1.54) is 27.8 Å². The molecule has 2 N–H and O–H groups in total. The van der Waals surface area contributed by atoms with Crippen LogP contribution in [0.1, 0.15) is 162 Å². The minimum absolute atomic E-state index is 0.00426. The van der Waals surface area contributed by atoms with E-state index in [-0.39, 0.29) is 21.7 Å². The molecular formula is C37H59O3P. The summed E-state index contributed by atoms with van der Waals surface area (Å²) in [6.45, 7) is 29.6. The van der Waals surface area contributed by atoms with Crippen molar-refractivity contribution in [1.29, 1.82) is 0 Å². The summed E-state index contributed by atoms with van der Waals surface area (Å²) in [7, 11) is -2.59. The summed E-state index contributed by atoms with van der Waals surface area (Å²) in [5.41, 5.74) is 6.22. The Bertz CT molecular complexity index is 1200. The van der Waals surface area contributed by atoms with Crippen LogP contribution in [0.25, 0.3) is 0 Å². The first-order valence-electron chi connectivity index (χ1n) is 15.8. The van der Waals surface area contributed by atoms with E-state index in [0.29, 0.717) is 0 Å². The molecule has 4 heteroatoms. The summed E-state index contributed by atoms with van der Waals surface area (Å²) in [5, 5.41) is 0. The molecule has 3 nitrogen and oxygen atoms in total. The molecule has 0 amide bonds. The molecule has 230 valence electrons. The van der Waals surface area contributed by atoms with Gasteiger partial charge in [-0.3, -0.25) is 0 Å². The minimum atomic E-state index is -2.59. The second kappa shape index (κ2) is 11.7. The maximum Gasteiger partial charge on any atom is 0.327 e. The average Bonchev–Trinajstić information content (AvgIpc) is 3.18. The standard InChI is InChI=1S/C37H59O3P/c1-14-15-21-36(28-19-17-26(32(2,3)4)24-30(28)34(8,9)10)22-16-23-37(36,40-41(38)39)29-20-18-27(33(5,6)7)25-31(29)35(11,12)13/h17-20,24-25,38-39H,14-16,21-23H2,1-13H3. The summed E-state index contributed by atoms with van der Waals surface area (Å²) in [6, 6.07) is 14.0. The van der Waals surface area contributed by atoms with Gasteiger partial charge in [-0.1, -0.05) is 139 Å². The van der Waals surface area contributed by atoms with Gasteiger partial charge in [0.05, 0.1) is 0 Å². The first kappa shape index (κ1) is 34.2. The summed E-state index contributed by atoms with van der Waals surface area (Å²) in [4.78, 5) is 21.4. The lowest BCUT2D eigenvalue weighted by Gasteiger charge is -2.50. The van der Waals surface area contributed by atoms with Crippen LogP contribution in [0.15, 0.2) is 36.4 Å².